The summed E-state index contributed by atoms with van der Waals surface area (Å²) in [7, 11) is 0. The van der Waals surface area contributed by atoms with E-state index in [4.69, 9.17) is 0 Å². The zero-order valence-corrected chi connectivity index (χ0v) is 8.36. The molecule has 0 rings (SSSR count). The van der Waals surface area contributed by atoms with Crippen molar-refractivity contribution in [1.82, 2.24) is 0 Å². The van der Waals surface area contributed by atoms with Crippen molar-refractivity contribution in [1.29, 1.82) is 0 Å². The summed E-state index contributed by atoms with van der Waals surface area (Å²) in [5, 5.41) is 19.9. The van der Waals surface area contributed by atoms with Gasteiger partial charge in [0.15, 0.2) is 0 Å². The fraction of sp³-hybridized carbons (Fsp3) is 0.875. The van der Waals surface area contributed by atoms with Crippen LogP contribution in [-0.2, 0) is 9.53 Å². The highest BCUT2D eigenvalue weighted by Gasteiger charge is 2.42. The molecule has 0 aliphatic rings. The van der Waals surface area contributed by atoms with Crippen LogP contribution in [0, 0.1) is 10.1 Å². The minimum Gasteiger partial charge on any atom is -0.464 e. The topological polar surface area (TPSA) is 89.7 Å². The molecule has 0 bridgehead atoms. The predicted molar refractivity (Wildman–Crippen MR) is 48.4 cm³/mol. The molecule has 1 atom stereocenters. The van der Waals surface area contributed by atoms with Crippen molar-refractivity contribution in [3.05, 3.63) is 10.1 Å². The SMILES string of the molecule is CCC[C@](O)(C[N+](=O)[O-])C(=O)OCC. The summed E-state index contributed by atoms with van der Waals surface area (Å²) in [6.07, 6.45) is 0.510. The van der Waals surface area contributed by atoms with Crippen LogP contribution in [0.15, 0.2) is 0 Å². The first-order valence-electron chi connectivity index (χ1n) is 4.47. The molecule has 0 amide bonds. The van der Waals surface area contributed by atoms with E-state index < -0.39 is 23.0 Å². The molecule has 6 nitrogen and oxygen atoms in total. The molecule has 0 saturated heterocycles. The molecule has 0 aliphatic heterocycles. The van der Waals surface area contributed by atoms with E-state index in [1.165, 1.54) is 0 Å². The Balaban J connectivity index is 4.51. The largest absolute Gasteiger partial charge is 0.464 e. The Bertz CT molecular complexity index is 218. The molecule has 1 N–H and O–H groups in total. The summed E-state index contributed by atoms with van der Waals surface area (Å²) < 4.78 is 4.57. The molecule has 82 valence electrons. The normalized spacial score (nSPS) is 14.5. The summed E-state index contributed by atoms with van der Waals surface area (Å²) in [6, 6.07) is 0. The van der Waals surface area contributed by atoms with Gasteiger partial charge < -0.3 is 9.84 Å². The van der Waals surface area contributed by atoms with Crippen LogP contribution in [0.25, 0.3) is 0 Å². The molecule has 0 unspecified atom stereocenters. The van der Waals surface area contributed by atoms with Gasteiger partial charge in [-0.1, -0.05) is 13.3 Å². The number of aliphatic hydroxyl groups is 1. The Labute approximate surface area is 82.0 Å². The molecule has 0 aromatic rings. The third kappa shape index (κ3) is 3.69. The third-order valence-electron chi connectivity index (χ3n) is 1.71. The Kier molecular flexibility index (Phi) is 5.07. The van der Waals surface area contributed by atoms with Crippen molar-refractivity contribution in [2.24, 2.45) is 0 Å². The van der Waals surface area contributed by atoms with E-state index in [-0.39, 0.29) is 13.0 Å². The molecule has 0 heterocycles. The van der Waals surface area contributed by atoms with Gasteiger partial charge in [-0.05, 0) is 13.3 Å². The number of carbonyl (C=O) groups is 1. The van der Waals surface area contributed by atoms with Crippen LogP contribution in [0.5, 0.6) is 0 Å². The number of carbonyl (C=O) groups excluding carboxylic acids is 1. The first-order valence-corrected chi connectivity index (χ1v) is 4.47. The second kappa shape index (κ2) is 5.54. The summed E-state index contributed by atoms with van der Waals surface area (Å²) in [4.78, 5) is 20.7. The lowest BCUT2D eigenvalue weighted by Gasteiger charge is -2.20. The number of hydrogen-bond donors (Lipinski definition) is 1. The van der Waals surface area contributed by atoms with E-state index in [0.717, 1.165) is 0 Å². The van der Waals surface area contributed by atoms with Crippen LogP contribution >= 0.6 is 0 Å². The average Bonchev–Trinajstić information content (AvgIpc) is 2.03. The lowest BCUT2D eigenvalue weighted by molar-refractivity contribution is -0.497. The lowest BCUT2D eigenvalue weighted by Crippen LogP contribution is -2.46. The van der Waals surface area contributed by atoms with Crippen LogP contribution in [0.3, 0.4) is 0 Å². The Morgan fingerprint density at radius 1 is 1.57 bits per heavy atom. The highest BCUT2D eigenvalue weighted by Crippen LogP contribution is 2.15. The molecule has 14 heavy (non-hydrogen) atoms. The zero-order valence-electron chi connectivity index (χ0n) is 8.36. The van der Waals surface area contributed by atoms with Crippen LogP contribution in [-0.4, -0.2) is 34.8 Å². The van der Waals surface area contributed by atoms with Crippen molar-refractivity contribution in [3.8, 4) is 0 Å². The average molecular weight is 205 g/mol. The van der Waals surface area contributed by atoms with Crippen LogP contribution < -0.4 is 0 Å². The van der Waals surface area contributed by atoms with Crippen molar-refractivity contribution < 1.29 is 19.6 Å². The maximum absolute atomic E-state index is 11.2. The molecule has 0 spiro atoms. The molecular weight excluding hydrogens is 190 g/mol. The lowest BCUT2D eigenvalue weighted by atomic mass is 9.98. The van der Waals surface area contributed by atoms with E-state index >= 15 is 0 Å². The van der Waals surface area contributed by atoms with Gasteiger partial charge in [0.25, 0.3) is 0 Å². The van der Waals surface area contributed by atoms with Crippen molar-refractivity contribution in [2.75, 3.05) is 13.2 Å². The van der Waals surface area contributed by atoms with Crippen molar-refractivity contribution in [2.45, 2.75) is 32.3 Å². The summed E-state index contributed by atoms with van der Waals surface area (Å²) >= 11 is 0. The maximum atomic E-state index is 11.2. The summed E-state index contributed by atoms with van der Waals surface area (Å²) in [6.45, 7) is 2.60. The van der Waals surface area contributed by atoms with Crippen molar-refractivity contribution in [3.63, 3.8) is 0 Å². The van der Waals surface area contributed by atoms with Gasteiger partial charge in [-0.3, -0.25) is 10.1 Å². The standard InChI is InChI=1S/C8H15NO5/c1-3-5-8(11,6-9(12)13)7(10)14-4-2/h11H,3-6H2,1-2H3/t8-/m0/s1. The van der Waals surface area contributed by atoms with Gasteiger partial charge in [0.05, 0.1) is 6.61 Å². The fourth-order valence-corrected chi connectivity index (χ4v) is 1.14. The molecule has 0 fully saturated rings. The number of hydrogen-bond acceptors (Lipinski definition) is 5. The number of nitro groups is 1. The highest BCUT2D eigenvalue weighted by molar-refractivity contribution is 5.79. The predicted octanol–water partition coefficient (Wildman–Crippen LogP) is 0.357. The fourth-order valence-electron chi connectivity index (χ4n) is 1.14. The van der Waals surface area contributed by atoms with E-state index in [2.05, 4.69) is 4.74 Å². The summed E-state index contributed by atoms with van der Waals surface area (Å²) in [5.41, 5.74) is -1.98. The second-order valence-corrected chi connectivity index (χ2v) is 2.99. The number of nitrogens with zero attached hydrogens (tertiary/aromatic N) is 1. The van der Waals surface area contributed by atoms with Crippen molar-refractivity contribution >= 4 is 5.97 Å². The minimum atomic E-state index is -1.98. The van der Waals surface area contributed by atoms with Gasteiger partial charge in [-0.25, -0.2) is 4.79 Å². The van der Waals surface area contributed by atoms with Gasteiger partial charge in [0.2, 0.25) is 12.1 Å². The Hall–Kier alpha value is -1.17. The zero-order chi connectivity index (χ0) is 11.2. The highest BCUT2D eigenvalue weighted by atomic mass is 16.6. The van der Waals surface area contributed by atoms with Gasteiger partial charge in [0.1, 0.15) is 0 Å². The number of ether oxygens (including phenoxy) is 1. The minimum absolute atomic E-state index is 0.0345. The van der Waals surface area contributed by atoms with Crippen LogP contribution in [0.2, 0.25) is 0 Å². The molecule has 0 saturated carbocycles. The van der Waals surface area contributed by atoms with Gasteiger partial charge in [0, 0.05) is 4.92 Å². The summed E-state index contributed by atoms with van der Waals surface area (Å²) in [5.74, 6) is -0.918. The molecule has 0 aromatic carbocycles. The third-order valence-corrected chi connectivity index (χ3v) is 1.71. The first-order chi connectivity index (χ1) is 6.46. The van der Waals surface area contributed by atoms with E-state index in [1.54, 1.807) is 13.8 Å². The smallest absolute Gasteiger partial charge is 0.345 e. The second-order valence-electron chi connectivity index (χ2n) is 2.99. The molecule has 0 aromatic heterocycles. The molecule has 0 radical (unpaired) electrons. The van der Waals surface area contributed by atoms with Crippen LogP contribution in [0.4, 0.5) is 0 Å². The Morgan fingerprint density at radius 2 is 2.14 bits per heavy atom. The van der Waals surface area contributed by atoms with E-state index in [0.29, 0.717) is 6.42 Å². The van der Waals surface area contributed by atoms with Gasteiger partial charge in [-0.15, -0.1) is 0 Å². The number of rotatable bonds is 6. The molecular formula is C8H15NO5. The molecule has 6 heteroatoms. The monoisotopic (exact) mass is 205 g/mol. The van der Waals surface area contributed by atoms with E-state index in [1.807, 2.05) is 0 Å². The number of esters is 1. The van der Waals surface area contributed by atoms with Crippen LogP contribution in [0.1, 0.15) is 26.7 Å². The Morgan fingerprint density at radius 3 is 2.50 bits per heavy atom. The maximum Gasteiger partial charge on any atom is 0.345 e. The van der Waals surface area contributed by atoms with Gasteiger partial charge in [-0.2, -0.15) is 0 Å². The first kappa shape index (κ1) is 12.8. The molecule has 0 aliphatic carbocycles. The quantitative estimate of drug-likeness (QED) is 0.384. The van der Waals surface area contributed by atoms with Gasteiger partial charge >= 0.3 is 5.97 Å². The van der Waals surface area contributed by atoms with E-state index in [9.17, 15) is 20.0 Å².